The summed E-state index contributed by atoms with van der Waals surface area (Å²) in [5.74, 6) is -0.643. The van der Waals surface area contributed by atoms with Gasteiger partial charge in [-0.05, 0) is 69.2 Å². The average molecular weight is 578 g/mol. The Morgan fingerprint density at radius 2 is 1.98 bits per heavy atom. The van der Waals surface area contributed by atoms with Gasteiger partial charge in [-0.3, -0.25) is 9.59 Å². The van der Waals surface area contributed by atoms with Gasteiger partial charge in [0.25, 0.3) is 5.91 Å². The number of nitrogens with zero attached hydrogens (tertiary/aromatic N) is 2. The second-order valence-electron chi connectivity index (χ2n) is 10.9. The summed E-state index contributed by atoms with van der Waals surface area (Å²) in [5, 5.41) is 14.7. The molecular formula is C29H28FN5O5S. The molecule has 2 aromatic heterocycles. The van der Waals surface area contributed by atoms with Crippen molar-refractivity contribution in [2.45, 2.75) is 43.8 Å². The summed E-state index contributed by atoms with van der Waals surface area (Å²) in [4.78, 5) is 34.7. The molecule has 1 saturated carbocycles. The van der Waals surface area contributed by atoms with E-state index in [4.69, 9.17) is 20.9 Å². The Balaban J connectivity index is 1.32. The van der Waals surface area contributed by atoms with Crippen LogP contribution in [0.5, 0.6) is 11.5 Å². The average Bonchev–Trinajstić information content (AvgIpc) is 3.56. The quantitative estimate of drug-likeness (QED) is 0.248. The van der Waals surface area contributed by atoms with E-state index in [1.54, 1.807) is 25.1 Å². The number of primary amides is 1. The first-order valence-electron chi connectivity index (χ1n) is 13.1. The second kappa shape index (κ2) is 9.67. The lowest BCUT2D eigenvalue weighted by Crippen LogP contribution is -2.41. The SMILES string of the molecule is C[C@](O)(CNC(=O)c1cc(OC2CC2)c2nc(N)sc2c1)c1cc2c(c(-c3ccc(F)cc3)n1)OC[C@]2(C)C(N)=O. The van der Waals surface area contributed by atoms with Gasteiger partial charge in [-0.15, -0.1) is 0 Å². The number of anilines is 1. The van der Waals surface area contributed by atoms with Crippen LogP contribution in [0.2, 0.25) is 0 Å². The molecule has 3 heterocycles. The van der Waals surface area contributed by atoms with Crippen LogP contribution in [0.25, 0.3) is 21.5 Å². The van der Waals surface area contributed by atoms with Gasteiger partial charge in [0.2, 0.25) is 5.91 Å². The van der Waals surface area contributed by atoms with E-state index in [0.29, 0.717) is 49.2 Å². The Kier molecular flexibility index (Phi) is 6.34. The number of rotatable bonds is 8. The number of carbonyl (C=O) groups is 2. The highest BCUT2D eigenvalue weighted by Gasteiger charge is 2.45. The van der Waals surface area contributed by atoms with Crippen molar-refractivity contribution in [1.82, 2.24) is 15.3 Å². The summed E-state index contributed by atoms with van der Waals surface area (Å²) < 4.78 is 26.2. The predicted octanol–water partition coefficient (Wildman–Crippen LogP) is 3.39. The monoisotopic (exact) mass is 577 g/mol. The maximum atomic E-state index is 13.7. The fraction of sp³-hybridized carbons (Fsp3) is 0.310. The molecule has 0 saturated heterocycles. The Hall–Kier alpha value is -4.29. The second-order valence-corrected chi connectivity index (χ2v) is 11.9. The van der Waals surface area contributed by atoms with Gasteiger partial charge in [-0.1, -0.05) is 11.3 Å². The summed E-state index contributed by atoms with van der Waals surface area (Å²) in [6, 6.07) is 10.5. The highest BCUT2D eigenvalue weighted by molar-refractivity contribution is 7.22. The zero-order valence-corrected chi connectivity index (χ0v) is 23.2. The predicted molar refractivity (Wildman–Crippen MR) is 151 cm³/mol. The molecule has 1 aliphatic heterocycles. The van der Waals surface area contributed by atoms with Gasteiger partial charge in [0.15, 0.2) is 5.13 Å². The maximum absolute atomic E-state index is 13.7. The minimum Gasteiger partial charge on any atom is -0.489 e. The molecule has 1 aliphatic carbocycles. The molecule has 41 heavy (non-hydrogen) atoms. The molecule has 2 aliphatic rings. The van der Waals surface area contributed by atoms with Crippen LogP contribution >= 0.6 is 11.3 Å². The van der Waals surface area contributed by atoms with Crippen molar-refractivity contribution in [2.24, 2.45) is 5.73 Å². The third kappa shape index (κ3) is 4.93. The van der Waals surface area contributed by atoms with Crippen LogP contribution in [0.3, 0.4) is 0 Å². The number of amides is 2. The lowest BCUT2D eigenvalue weighted by molar-refractivity contribution is -0.123. The highest BCUT2D eigenvalue weighted by atomic mass is 32.1. The number of hydrogen-bond acceptors (Lipinski definition) is 9. The smallest absolute Gasteiger partial charge is 0.251 e. The van der Waals surface area contributed by atoms with Gasteiger partial charge in [0, 0.05) is 16.7 Å². The van der Waals surface area contributed by atoms with E-state index in [1.807, 2.05) is 0 Å². The van der Waals surface area contributed by atoms with E-state index in [9.17, 15) is 19.1 Å². The van der Waals surface area contributed by atoms with Crippen LogP contribution in [0, 0.1) is 5.82 Å². The molecule has 6 rings (SSSR count). The maximum Gasteiger partial charge on any atom is 0.251 e. The first kappa shape index (κ1) is 26.9. The lowest BCUT2D eigenvalue weighted by Gasteiger charge is -2.26. The Morgan fingerprint density at radius 1 is 1.24 bits per heavy atom. The van der Waals surface area contributed by atoms with E-state index in [-0.39, 0.29) is 24.9 Å². The number of pyridine rings is 1. The molecule has 2 amide bonds. The largest absolute Gasteiger partial charge is 0.489 e. The van der Waals surface area contributed by atoms with Crippen molar-refractivity contribution < 1.29 is 28.6 Å². The molecule has 10 nitrogen and oxygen atoms in total. The number of nitrogens with two attached hydrogens (primary N) is 2. The molecule has 0 radical (unpaired) electrons. The number of nitrogen functional groups attached to an aromatic ring is 1. The molecule has 1 fully saturated rings. The van der Waals surface area contributed by atoms with Gasteiger partial charge < -0.3 is 31.4 Å². The summed E-state index contributed by atoms with van der Waals surface area (Å²) in [6.45, 7) is 2.93. The standard InChI is InChI=1S/C29H28FN5O5S/c1-28(26(31)37)13-39-24-18(28)11-21(34-22(24)14-3-5-16(30)6-4-14)29(2,38)12-33-25(36)15-9-19(40-17-7-8-17)23-20(10-15)41-27(32)35-23/h3-6,9-11,17,38H,7-8,12-13H2,1-2H3,(H2,31,37)(H2,32,35)(H,33,36)/t28-,29-/m0/s1. The Morgan fingerprint density at radius 3 is 2.66 bits per heavy atom. The van der Waals surface area contributed by atoms with Crippen molar-refractivity contribution in [1.29, 1.82) is 0 Å². The van der Waals surface area contributed by atoms with Gasteiger partial charge in [0.05, 0.1) is 23.0 Å². The number of benzene rings is 2. The van der Waals surface area contributed by atoms with E-state index in [1.165, 1.54) is 42.5 Å². The fourth-order valence-corrected chi connectivity index (χ4v) is 5.51. The number of ether oxygens (including phenoxy) is 2. The third-order valence-corrected chi connectivity index (χ3v) is 8.27. The first-order chi connectivity index (χ1) is 19.4. The fourth-order valence-electron chi connectivity index (χ4n) is 4.71. The van der Waals surface area contributed by atoms with E-state index >= 15 is 0 Å². The number of fused-ring (bicyclic) bond motifs is 2. The van der Waals surface area contributed by atoms with E-state index < -0.39 is 28.6 Å². The van der Waals surface area contributed by atoms with Crippen LogP contribution in [0.15, 0.2) is 42.5 Å². The Labute approximate surface area is 238 Å². The van der Waals surface area contributed by atoms with Crippen molar-refractivity contribution in [2.75, 3.05) is 18.9 Å². The molecule has 4 aromatic rings. The van der Waals surface area contributed by atoms with Crippen LogP contribution in [0.4, 0.5) is 9.52 Å². The van der Waals surface area contributed by atoms with Crippen LogP contribution < -0.4 is 26.3 Å². The summed E-state index contributed by atoms with van der Waals surface area (Å²) in [6.07, 6.45) is 1.97. The van der Waals surface area contributed by atoms with Gasteiger partial charge in [0.1, 0.15) is 46.1 Å². The molecule has 12 heteroatoms. The molecule has 0 bridgehead atoms. The number of carbonyl (C=O) groups excluding carboxylic acids is 2. The number of aliphatic hydroxyl groups is 1. The van der Waals surface area contributed by atoms with Crippen LogP contribution in [-0.2, 0) is 15.8 Å². The normalized spacial score (nSPS) is 19.3. The van der Waals surface area contributed by atoms with Crippen molar-refractivity contribution in [3.63, 3.8) is 0 Å². The molecule has 212 valence electrons. The number of hydrogen-bond donors (Lipinski definition) is 4. The minimum absolute atomic E-state index is 0.00823. The number of thiazole rings is 1. The minimum atomic E-state index is -1.67. The number of nitrogens with one attached hydrogen (secondary N) is 1. The molecule has 2 aromatic carbocycles. The van der Waals surface area contributed by atoms with Crippen molar-refractivity contribution >= 4 is 38.5 Å². The van der Waals surface area contributed by atoms with E-state index in [2.05, 4.69) is 15.3 Å². The first-order valence-corrected chi connectivity index (χ1v) is 13.9. The lowest BCUT2D eigenvalue weighted by atomic mass is 9.82. The van der Waals surface area contributed by atoms with Crippen LogP contribution in [-0.4, -0.2) is 46.1 Å². The highest BCUT2D eigenvalue weighted by Crippen LogP contribution is 2.45. The summed E-state index contributed by atoms with van der Waals surface area (Å²) >= 11 is 1.25. The molecular weight excluding hydrogens is 549 g/mol. The molecule has 6 N–H and O–H groups in total. The third-order valence-electron chi connectivity index (χ3n) is 7.44. The van der Waals surface area contributed by atoms with Crippen molar-refractivity contribution in [3.8, 4) is 22.8 Å². The van der Waals surface area contributed by atoms with Gasteiger partial charge >= 0.3 is 0 Å². The number of halogens is 1. The van der Waals surface area contributed by atoms with Crippen molar-refractivity contribution in [3.05, 3.63) is 65.1 Å². The van der Waals surface area contributed by atoms with Gasteiger partial charge in [-0.25, -0.2) is 14.4 Å². The Bertz CT molecular complexity index is 1700. The molecule has 0 unspecified atom stereocenters. The topological polar surface area (TPSA) is 163 Å². The van der Waals surface area contributed by atoms with Crippen LogP contribution in [0.1, 0.15) is 48.3 Å². The zero-order chi connectivity index (χ0) is 29.1. The van der Waals surface area contributed by atoms with E-state index in [0.717, 1.165) is 12.8 Å². The molecule has 0 spiro atoms. The molecule has 2 atom stereocenters. The number of aromatic nitrogens is 2. The zero-order valence-electron chi connectivity index (χ0n) is 22.4. The summed E-state index contributed by atoms with van der Waals surface area (Å²) in [7, 11) is 0. The summed E-state index contributed by atoms with van der Waals surface area (Å²) in [5.41, 5.74) is 11.2. The van der Waals surface area contributed by atoms with Gasteiger partial charge in [-0.2, -0.15) is 0 Å².